The smallest absolute Gasteiger partial charge is 0.278 e. The van der Waals surface area contributed by atoms with Crippen LogP contribution in [0.1, 0.15) is 32.6 Å². The lowest BCUT2D eigenvalue weighted by atomic mass is 9.81. The van der Waals surface area contributed by atoms with Gasteiger partial charge in [-0.3, -0.25) is 0 Å². The second kappa shape index (κ2) is 5.49. The zero-order valence-corrected chi connectivity index (χ0v) is 11.8. The first-order valence-corrected chi connectivity index (χ1v) is 9.45. The average molecular weight is 238 g/mol. The van der Waals surface area contributed by atoms with E-state index in [1.807, 2.05) is 0 Å². The van der Waals surface area contributed by atoms with Crippen molar-refractivity contribution in [3.63, 3.8) is 0 Å². The standard InChI is InChI=1S/C12H22N2OSi/c1-10(14-15-16(2,3)4)12-7-5-11(9-13)6-8-12/h11-12H,5-8H2,1-4H3. The van der Waals surface area contributed by atoms with E-state index in [4.69, 9.17) is 9.79 Å². The number of oxime groups is 1. The maximum atomic E-state index is 8.83. The van der Waals surface area contributed by atoms with Crippen LogP contribution < -0.4 is 0 Å². The minimum Gasteiger partial charge on any atom is -0.456 e. The monoisotopic (exact) mass is 238 g/mol. The molecule has 0 radical (unpaired) electrons. The molecule has 0 N–H and O–H groups in total. The maximum absolute atomic E-state index is 8.83. The molecule has 1 rings (SSSR count). The third-order valence-corrected chi connectivity index (χ3v) is 3.60. The van der Waals surface area contributed by atoms with Crippen molar-refractivity contribution in [1.29, 1.82) is 5.26 Å². The Kier molecular flexibility index (Phi) is 4.54. The molecule has 0 aromatic carbocycles. The quantitative estimate of drug-likeness (QED) is 0.429. The van der Waals surface area contributed by atoms with Crippen LogP contribution in [0.4, 0.5) is 0 Å². The molecule has 0 bridgehead atoms. The predicted octanol–water partition coefficient (Wildman–Crippen LogP) is 3.54. The fourth-order valence-electron chi connectivity index (χ4n) is 1.92. The summed E-state index contributed by atoms with van der Waals surface area (Å²) in [4.78, 5) is 0. The number of nitriles is 1. The molecule has 0 saturated heterocycles. The summed E-state index contributed by atoms with van der Waals surface area (Å²) < 4.78 is 5.56. The number of nitrogens with zero attached hydrogens (tertiary/aromatic N) is 2. The average Bonchev–Trinajstić information content (AvgIpc) is 2.25. The number of hydrogen-bond donors (Lipinski definition) is 0. The van der Waals surface area contributed by atoms with Crippen molar-refractivity contribution < 1.29 is 4.53 Å². The topological polar surface area (TPSA) is 45.4 Å². The summed E-state index contributed by atoms with van der Waals surface area (Å²) in [5.74, 6) is 0.794. The van der Waals surface area contributed by atoms with Crippen LogP contribution in [0.3, 0.4) is 0 Å². The lowest BCUT2D eigenvalue weighted by molar-refractivity contribution is 0.319. The van der Waals surface area contributed by atoms with Crippen molar-refractivity contribution in [2.75, 3.05) is 0 Å². The van der Waals surface area contributed by atoms with Crippen LogP contribution in [0.25, 0.3) is 0 Å². The van der Waals surface area contributed by atoms with Crippen LogP contribution in [0.2, 0.25) is 19.6 Å². The molecule has 4 heteroatoms. The Morgan fingerprint density at radius 1 is 1.25 bits per heavy atom. The molecule has 1 aliphatic rings. The van der Waals surface area contributed by atoms with E-state index in [2.05, 4.69) is 37.8 Å². The zero-order valence-electron chi connectivity index (χ0n) is 10.8. The number of rotatable bonds is 3. The third kappa shape index (κ3) is 4.36. The van der Waals surface area contributed by atoms with E-state index in [0.717, 1.165) is 31.4 Å². The van der Waals surface area contributed by atoms with Crippen molar-refractivity contribution in [3.05, 3.63) is 0 Å². The summed E-state index contributed by atoms with van der Waals surface area (Å²) in [5.41, 5.74) is 1.11. The summed E-state index contributed by atoms with van der Waals surface area (Å²) in [5, 5.41) is 13.1. The Hall–Kier alpha value is -0.823. The van der Waals surface area contributed by atoms with Gasteiger partial charge in [0.25, 0.3) is 8.32 Å². The van der Waals surface area contributed by atoms with E-state index in [1.165, 1.54) is 0 Å². The van der Waals surface area contributed by atoms with Gasteiger partial charge in [-0.15, -0.1) is 5.16 Å². The van der Waals surface area contributed by atoms with Crippen molar-refractivity contribution in [1.82, 2.24) is 0 Å². The third-order valence-electron chi connectivity index (χ3n) is 2.96. The van der Waals surface area contributed by atoms with Crippen LogP contribution in [0.15, 0.2) is 5.16 Å². The summed E-state index contributed by atoms with van der Waals surface area (Å²) in [6, 6.07) is 2.36. The Balaban J connectivity index is 2.44. The minimum atomic E-state index is -1.54. The molecule has 0 amide bonds. The summed E-state index contributed by atoms with van der Waals surface area (Å²) >= 11 is 0. The van der Waals surface area contributed by atoms with Gasteiger partial charge in [0.05, 0.1) is 11.8 Å². The molecule has 0 aromatic heterocycles. The first-order chi connectivity index (χ1) is 7.42. The van der Waals surface area contributed by atoms with Gasteiger partial charge >= 0.3 is 0 Å². The lowest BCUT2D eigenvalue weighted by Crippen LogP contribution is -2.25. The Morgan fingerprint density at radius 2 is 1.81 bits per heavy atom. The van der Waals surface area contributed by atoms with Crippen molar-refractivity contribution in [3.8, 4) is 6.07 Å². The maximum Gasteiger partial charge on any atom is 0.278 e. The molecule has 0 spiro atoms. The number of hydrogen-bond acceptors (Lipinski definition) is 3. The second-order valence-electron chi connectivity index (χ2n) is 5.61. The van der Waals surface area contributed by atoms with Gasteiger partial charge in [-0.25, -0.2) is 0 Å². The van der Waals surface area contributed by atoms with Gasteiger partial charge in [-0.05, 0) is 52.2 Å². The van der Waals surface area contributed by atoms with E-state index < -0.39 is 8.32 Å². The molecule has 16 heavy (non-hydrogen) atoms. The summed E-state index contributed by atoms with van der Waals surface area (Å²) in [6.45, 7) is 8.46. The van der Waals surface area contributed by atoms with Crippen molar-refractivity contribution >= 4 is 14.0 Å². The summed E-state index contributed by atoms with van der Waals surface area (Å²) in [7, 11) is -1.54. The lowest BCUT2D eigenvalue weighted by Gasteiger charge is -2.25. The first kappa shape index (κ1) is 13.2. The van der Waals surface area contributed by atoms with Crippen LogP contribution in [-0.2, 0) is 4.53 Å². The van der Waals surface area contributed by atoms with Gasteiger partial charge in [0.15, 0.2) is 0 Å². The highest BCUT2D eigenvalue weighted by atomic mass is 28.4. The van der Waals surface area contributed by atoms with Gasteiger partial charge in [-0.1, -0.05) is 0 Å². The predicted molar refractivity (Wildman–Crippen MR) is 68.6 cm³/mol. The van der Waals surface area contributed by atoms with E-state index in [0.29, 0.717) is 5.92 Å². The van der Waals surface area contributed by atoms with E-state index in [9.17, 15) is 0 Å². The van der Waals surface area contributed by atoms with Gasteiger partial charge in [0.2, 0.25) is 0 Å². The van der Waals surface area contributed by atoms with Gasteiger partial charge in [-0.2, -0.15) is 5.26 Å². The molecule has 0 aromatic rings. The highest BCUT2D eigenvalue weighted by molar-refractivity contribution is 6.69. The normalized spacial score (nSPS) is 27.3. The van der Waals surface area contributed by atoms with E-state index in [-0.39, 0.29) is 5.92 Å². The molecular weight excluding hydrogens is 216 g/mol. The molecule has 0 heterocycles. The summed E-state index contributed by atoms with van der Waals surface area (Å²) in [6.07, 6.45) is 4.20. The van der Waals surface area contributed by atoms with Crippen LogP contribution in [0.5, 0.6) is 0 Å². The van der Waals surface area contributed by atoms with E-state index in [1.54, 1.807) is 0 Å². The fraction of sp³-hybridized carbons (Fsp3) is 0.833. The van der Waals surface area contributed by atoms with Gasteiger partial charge in [0, 0.05) is 11.8 Å². The second-order valence-corrected chi connectivity index (χ2v) is 10.0. The Morgan fingerprint density at radius 3 is 2.25 bits per heavy atom. The zero-order chi connectivity index (χ0) is 12.2. The fourth-order valence-corrected chi connectivity index (χ4v) is 2.34. The molecule has 1 aliphatic carbocycles. The Labute approximate surface area is 99.6 Å². The van der Waals surface area contributed by atoms with Crippen molar-refractivity contribution in [2.24, 2.45) is 17.0 Å². The van der Waals surface area contributed by atoms with Gasteiger partial charge in [0.1, 0.15) is 0 Å². The van der Waals surface area contributed by atoms with Crippen molar-refractivity contribution in [2.45, 2.75) is 52.2 Å². The SMILES string of the molecule is CC(=NO[Si](C)(C)C)C1CCC(C#N)CC1. The van der Waals surface area contributed by atoms with Gasteiger partial charge < -0.3 is 4.53 Å². The molecule has 0 unspecified atom stereocenters. The molecule has 0 atom stereocenters. The van der Waals surface area contributed by atoms with E-state index >= 15 is 0 Å². The minimum absolute atomic E-state index is 0.266. The molecular formula is C12H22N2OSi. The highest BCUT2D eigenvalue weighted by Crippen LogP contribution is 2.29. The highest BCUT2D eigenvalue weighted by Gasteiger charge is 2.24. The molecule has 1 fully saturated rings. The molecule has 3 nitrogen and oxygen atoms in total. The van der Waals surface area contributed by atoms with Crippen LogP contribution >= 0.6 is 0 Å². The largest absolute Gasteiger partial charge is 0.456 e. The Bertz CT molecular complexity index is 293. The molecule has 0 aliphatic heterocycles. The van der Waals surface area contributed by atoms with Crippen LogP contribution in [0, 0.1) is 23.2 Å². The molecule has 1 saturated carbocycles. The van der Waals surface area contributed by atoms with Crippen LogP contribution in [-0.4, -0.2) is 14.0 Å². The molecule has 90 valence electrons. The first-order valence-electron chi connectivity index (χ1n) is 6.04.